The largest absolute Gasteiger partial charge is 0.490 e. The molecule has 0 unspecified atom stereocenters. The summed E-state index contributed by atoms with van der Waals surface area (Å²) in [6.45, 7) is 3.81. The lowest BCUT2D eigenvalue weighted by Gasteiger charge is -2.33. The molecule has 2 amide bonds. The molecule has 1 fully saturated rings. The van der Waals surface area contributed by atoms with Gasteiger partial charge in [0.15, 0.2) is 6.10 Å². The molecule has 33 heavy (non-hydrogen) atoms. The van der Waals surface area contributed by atoms with Gasteiger partial charge in [0.05, 0.1) is 6.04 Å². The number of carbonyl (C=O) groups is 3. The molecule has 2 atom stereocenters. The maximum Gasteiger partial charge on any atom is 0.490 e. The molecule has 0 radical (unpaired) electrons. The molecular formula is C22H29ClF3N3O4. The average molecular weight is 492 g/mol. The summed E-state index contributed by atoms with van der Waals surface area (Å²) in [5.74, 6) is -4.26. The van der Waals surface area contributed by atoms with E-state index in [1.807, 2.05) is 0 Å². The Morgan fingerprint density at radius 3 is 2.52 bits per heavy atom. The lowest BCUT2D eigenvalue weighted by Crippen LogP contribution is -2.54. The Bertz CT molecular complexity index is 871. The number of imide groups is 1. The Kier molecular flexibility index (Phi) is 9.28. The summed E-state index contributed by atoms with van der Waals surface area (Å²) in [5.41, 5.74) is 6.05. The van der Waals surface area contributed by atoms with E-state index in [1.165, 1.54) is 13.8 Å². The Balaban J connectivity index is 2.21. The van der Waals surface area contributed by atoms with E-state index < -0.39 is 41.5 Å². The Labute approximate surface area is 195 Å². The third-order valence-electron chi connectivity index (χ3n) is 5.70. The number of halogens is 4. The van der Waals surface area contributed by atoms with Crippen molar-refractivity contribution >= 4 is 29.4 Å². The predicted octanol–water partition coefficient (Wildman–Crippen LogP) is 3.02. The molecule has 7 nitrogen and oxygen atoms in total. The highest BCUT2D eigenvalue weighted by molar-refractivity contribution is 6.30. The summed E-state index contributed by atoms with van der Waals surface area (Å²) in [7, 11) is 0. The van der Waals surface area contributed by atoms with Gasteiger partial charge in [-0.05, 0) is 55.5 Å². The van der Waals surface area contributed by atoms with Crippen LogP contribution in [0.3, 0.4) is 0 Å². The van der Waals surface area contributed by atoms with Gasteiger partial charge < -0.3 is 15.8 Å². The van der Waals surface area contributed by atoms with E-state index in [0.29, 0.717) is 24.4 Å². The molecule has 0 spiro atoms. The molecule has 1 heterocycles. The quantitative estimate of drug-likeness (QED) is 0.482. The summed E-state index contributed by atoms with van der Waals surface area (Å²) in [6, 6.07) is 4.47. The van der Waals surface area contributed by atoms with E-state index in [1.54, 1.807) is 18.2 Å². The van der Waals surface area contributed by atoms with Crippen LogP contribution < -0.4 is 16.4 Å². The molecule has 0 aliphatic carbocycles. The van der Waals surface area contributed by atoms with Gasteiger partial charge in [0.2, 0.25) is 5.91 Å². The topological polar surface area (TPSA) is 111 Å². The van der Waals surface area contributed by atoms with Crippen LogP contribution in [0.2, 0.25) is 5.02 Å². The number of alkyl halides is 3. The van der Waals surface area contributed by atoms with E-state index in [9.17, 15) is 27.6 Å². The van der Waals surface area contributed by atoms with Gasteiger partial charge in [0, 0.05) is 17.0 Å². The number of amides is 2. The van der Waals surface area contributed by atoms with Crippen LogP contribution in [-0.4, -0.2) is 42.7 Å². The van der Waals surface area contributed by atoms with Crippen molar-refractivity contribution in [3.63, 3.8) is 0 Å². The molecule has 0 aromatic heterocycles. The maximum absolute atomic E-state index is 12.9. The normalized spacial score (nSPS) is 17.8. The zero-order chi connectivity index (χ0) is 24.8. The number of hydrogen-bond donors (Lipinski definition) is 3. The summed E-state index contributed by atoms with van der Waals surface area (Å²) >= 11 is 6.04. The van der Waals surface area contributed by atoms with Crippen LogP contribution in [0.1, 0.15) is 50.7 Å². The van der Waals surface area contributed by atoms with Crippen LogP contribution in [0.15, 0.2) is 18.2 Å². The fraction of sp³-hybridized carbons (Fsp3) is 0.591. The van der Waals surface area contributed by atoms with Crippen molar-refractivity contribution in [2.75, 3.05) is 6.54 Å². The van der Waals surface area contributed by atoms with Crippen LogP contribution in [0, 0.1) is 5.41 Å². The number of esters is 1. The Morgan fingerprint density at radius 1 is 1.24 bits per heavy atom. The van der Waals surface area contributed by atoms with Crippen molar-refractivity contribution in [2.45, 2.75) is 70.8 Å². The second kappa shape index (κ2) is 11.3. The molecule has 1 aliphatic rings. The molecule has 11 heteroatoms. The van der Waals surface area contributed by atoms with Crippen molar-refractivity contribution in [1.29, 1.82) is 0 Å². The number of nitrogens with two attached hydrogens (primary N) is 1. The third-order valence-corrected chi connectivity index (χ3v) is 5.94. The van der Waals surface area contributed by atoms with Crippen molar-refractivity contribution in [2.24, 2.45) is 11.1 Å². The fourth-order valence-electron chi connectivity index (χ4n) is 3.71. The molecular weight excluding hydrogens is 463 g/mol. The van der Waals surface area contributed by atoms with Gasteiger partial charge in [-0.25, -0.2) is 4.79 Å². The summed E-state index contributed by atoms with van der Waals surface area (Å²) in [4.78, 5) is 36.9. The minimum absolute atomic E-state index is 0.152. The first-order chi connectivity index (χ1) is 15.3. The first-order valence-corrected chi connectivity index (χ1v) is 11.1. The number of carbonyl (C=O) groups excluding carboxylic acids is 3. The van der Waals surface area contributed by atoms with Gasteiger partial charge in [0.25, 0.3) is 5.91 Å². The van der Waals surface area contributed by atoms with Gasteiger partial charge in [-0.1, -0.05) is 37.9 Å². The molecule has 2 rings (SSSR count). The monoisotopic (exact) mass is 491 g/mol. The number of hydrogen-bond acceptors (Lipinski definition) is 6. The van der Waals surface area contributed by atoms with Crippen LogP contribution >= 0.6 is 11.6 Å². The van der Waals surface area contributed by atoms with Crippen molar-refractivity contribution in [1.82, 2.24) is 10.6 Å². The molecule has 1 aromatic carbocycles. The molecule has 1 aliphatic heterocycles. The van der Waals surface area contributed by atoms with Gasteiger partial charge in [-0.3, -0.25) is 14.9 Å². The average Bonchev–Trinajstić information content (AvgIpc) is 2.75. The van der Waals surface area contributed by atoms with E-state index >= 15 is 0 Å². The number of aryl methyl sites for hydroxylation is 1. The molecule has 0 saturated carbocycles. The lowest BCUT2D eigenvalue weighted by molar-refractivity contribution is -0.210. The highest BCUT2D eigenvalue weighted by Gasteiger charge is 2.47. The highest BCUT2D eigenvalue weighted by Crippen LogP contribution is 2.33. The van der Waals surface area contributed by atoms with Gasteiger partial charge >= 0.3 is 12.1 Å². The van der Waals surface area contributed by atoms with Crippen molar-refractivity contribution in [3.8, 4) is 0 Å². The Morgan fingerprint density at radius 2 is 1.94 bits per heavy atom. The minimum Gasteiger partial charge on any atom is -0.445 e. The molecule has 1 saturated heterocycles. The zero-order valence-corrected chi connectivity index (χ0v) is 19.3. The second-order valence-electron chi connectivity index (χ2n) is 8.74. The number of ether oxygens (including phenoxy) is 1. The van der Waals surface area contributed by atoms with E-state index in [2.05, 4.69) is 15.4 Å². The number of piperidine rings is 1. The predicted molar refractivity (Wildman–Crippen MR) is 116 cm³/mol. The van der Waals surface area contributed by atoms with Crippen LogP contribution in [0.5, 0.6) is 0 Å². The zero-order valence-electron chi connectivity index (χ0n) is 18.6. The molecule has 1 aromatic rings. The van der Waals surface area contributed by atoms with Crippen molar-refractivity contribution in [3.05, 3.63) is 34.3 Å². The van der Waals surface area contributed by atoms with Gasteiger partial charge in [0.1, 0.15) is 0 Å². The minimum atomic E-state index is -5.29. The SMILES string of the molecule is CC(C)(CCc1cc(Cl)ccc1CN)[C@@H](OC(=O)C(F)(F)F)C(=O)NC(=O)[C@@H]1CCCCN1. The van der Waals surface area contributed by atoms with Crippen LogP contribution in [0.4, 0.5) is 13.2 Å². The van der Waals surface area contributed by atoms with Crippen LogP contribution in [-0.2, 0) is 32.1 Å². The smallest absolute Gasteiger partial charge is 0.445 e. The molecule has 0 bridgehead atoms. The maximum atomic E-state index is 12.9. The first kappa shape index (κ1) is 27.1. The molecule has 4 N–H and O–H groups in total. The number of benzene rings is 1. The van der Waals surface area contributed by atoms with Gasteiger partial charge in [-0.15, -0.1) is 0 Å². The second-order valence-corrected chi connectivity index (χ2v) is 9.18. The molecule has 184 valence electrons. The highest BCUT2D eigenvalue weighted by atomic mass is 35.5. The summed E-state index contributed by atoms with van der Waals surface area (Å²) < 4.78 is 43.3. The van der Waals surface area contributed by atoms with E-state index in [-0.39, 0.29) is 13.0 Å². The van der Waals surface area contributed by atoms with E-state index in [4.69, 9.17) is 17.3 Å². The third kappa shape index (κ3) is 7.68. The number of rotatable bonds is 8. The lowest BCUT2D eigenvalue weighted by atomic mass is 9.79. The standard InChI is InChI=1S/C22H29ClF3N3O4/c1-21(2,9-8-13-11-15(23)7-6-14(13)12-27)17(33-20(32)22(24,25)26)19(31)29-18(30)16-5-3-4-10-28-16/h6-7,11,16-17,28H,3-5,8-10,12,27H2,1-2H3,(H,29,30,31)/t16-,17-/m0/s1. The van der Waals surface area contributed by atoms with Crippen LogP contribution in [0.25, 0.3) is 0 Å². The Hall–Kier alpha value is -2.17. The summed E-state index contributed by atoms with van der Waals surface area (Å²) in [6.07, 6.45) is -4.52. The van der Waals surface area contributed by atoms with Gasteiger partial charge in [-0.2, -0.15) is 13.2 Å². The first-order valence-electron chi connectivity index (χ1n) is 10.7. The fourth-order valence-corrected chi connectivity index (χ4v) is 3.90. The van der Waals surface area contributed by atoms with Crippen molar-refractivity contribution < 1.29 is 32.3 Å². The van der Waals surface area contributed by atoms with E-state index in [0.717, 1.165) is 24.0 Å². The summed E-state index contributed by atoms with van der Waals surface area (Å²) in [5, 5.41) is 5.53. The number of nitrogens with one attached hydrogen (secondary N) is 2.